The molecular weight excluding hydrogens is 601 g/mol. The highest BCUT2D eigenvalue weighted by atomic mass is 16.3. The third kappa shape index (κ3) is 4.55. The van der Waals surface area contributed by atoms with Crippen LogP contribution in [0.15, 0.2) is 162 Å². The smallest absolute Gasteiger partial charge is 0.182 e. The molecule has 0 N–H and O–H groups in total. The van der Waals surface area contributed by atoms with E-state index in [1.807, 2.05) is 66.9 Å². The molecule has 7 aromatic carbocycles. The molecule has 0 amide bonds. The maximum absolute atomic E-state index is 6.44. The van der Waals surface area contributed by atoms with Gasteiger partial charge >= 0.3 is 0 Å². The van der Waals surface area contributed by atoms with E-state index < -0.39 is 0 Å². The molecule has 0 bridgehead atoms. The summed E-state index contributed by atoms with van der Waals surface area (Å²) in [6.45, 7) is 0. The number of nitrogens with zero attached hydrogens (tertiary/aromatic N) is 4. The van der Waals surface area contributed by atoms with Crippen LogP contribution in [-0.4, -0.2) is 19.9 Å². The molecule has 0 unspecified atom stereocenters. The summed E-state index contributed by atoms with van der Waals surface area (Å²) in [6.07, 6.45) is 1.96. The lowest BCUT2D eigenvalue weighted by molar-refractivity contribution is 0.669. The van der Waals surface area contributed by atoms with Crippen LogP contribution in [0.25, 0.3) is 99.7 Å². The summed E-state index contributed by atoms with van der Waals surface area (Å²) >= 11 is 0. The summed E-state index contributed by atoms with van der Waals surface area (Å²) in [5, 5.41) is 8.96. The number of aromatic nitrogens is 4. The minimum absolute atomic E-state index is 0.514. The summed E-state index contributed by atoms with van der Waals surface area (Å²) in [6, 6.07) is 52.1. The molecule has 3 aromatic heterocycles. The van der Waals surface area contributed by atoms with Crippen LogP contribution in [0.5, 0.6) is 0 Å². The van der Waals surface area contributed by atoms with Crippen LogP contribution >= 0.6 is 0 Å². The molecule has 3 heterocycles. The van der Waals surface area contributed by atoms with Crippen LogP contribution < -0.4 is 0 Å². The van der Waals surface area contributed by atoms with E-state index in [2.05, 4.69) is 91.0 Å². The topological polar surface area (TPSA) is 64.7 Å². The number of rotatable bonds is 4. The third-order valence-electron chi connectivity index (χ3n) is 9.35. The average molecular weight is 627 g/mol. The largest absolute Gasteiger partial charge is 0.456 e. The van der Waals surface area contributed by atoms with Crippen LogP contribution in [-0.2, 0) is 0 Å². The molecule has 49 heavy (non-hydrogen) atoms. The normalized spacial score (nSPS) is 11.7. The third-order valence-corrected chi connectivity index (χ3v) is 9.35. The highest BCUT2D eigenvalue weighted by Crippen LogP contribution is 2.39. The van der Waals surface area contributed by atoms with Crippen molar-refractivity contribution >= 4 is 54.3 Å². The molecule has 0 atom stereocenters. The van der Waals surface area contributed by atoms with E-state index >= 15 is 0 Å². The van der Waals surface area contributed by atoms with Gasteiger partial charge in [-0.1, -0.05) is 127 Å². The number of furan rings is 1. The molecule has 10 rings (SSSR count). The number of hydrogen-bond acceptors (Lipinski definition) is 5. The van der Waals surface area contributed by atoms with Gasteiger partial charge in [0, 0.05) is 33.5 Å². The number of hydrogen-bond donors (Lipinski definition) is 0. The Morgan fingerprint density at radius 1 is 0.388 bits per heavy atom. The first-order valence-corrected chi connectivity index (χ1v) is 16.3. The lowest BCUT2D eigenvalue weighted by Crippen LogP contribution is -2.01. The van der Waals surface area contributed by atoms with Crippen molar-refractivity contribution in [3.8, 4) is 45.4 Å². The van der Waals surface area contributed by atoms with Crippen molar-refractivity contribution in [1.82, 2.24) is 19.9 Å². The van der Waals surface area contributed by atoms with Gasteiger partial charge in [-0.05, 0) is 62.3 Å². The summed E-state index contributed by atoms with van der Waals surface area (Å²) in [5.41, 5.74) is 6.31. The molecule has 5 heteroatoms. The molecule has 10 aromatic rings. The van der Waals surface area contributed by atoms with Gasteiger partial charge in [0.2, 0.25) is 0 Å². The summed E-state index contributed by atoms with van der Waals surface area (Å²) in [7, 11) is 0. The van der Waals surface area contributed by atoms with Gasteiger partial charge in [-0.3, -0.25) is 4.98 Å². The minimum atomic E-state index is 0.514. The molecule has 0 aliphatic rings. The molecule has 0 fully saturated rings. The van der Waals surface area contributed by atoms with E-state index in [-0.39, 0.29) is 0 Å². The summed E-state index contributed by atoms with van der Waals surface area (Å²) in [5.74, 6) is 1.67. The Labute approximate surface area is 281 Å². The van der Waals surface area contributed by atoms with Gasteiger partial charge in [0.1, 0.15) is 16.9 Å². The Bertz CT molecular complexity index is 2880. The zero-order chi connectivity index (χ0) is 32.3. The fourth-order valence-electron chi connectivity index (χ4n) is 7.00. The number of pyridine rings is 1. The van der Waals surface area contributed by atoms with Gasteiger partial charge in [0.15, 0.2) is 17.5 Å². The minimum Gasteiger partial charge on any atom is -0.456 e. The zero-order valence-electron chi connectivity index (χ0n) is 26.2. The summed E-state index contributed by atoms with van der Waals surface area (Å²) in [4.78, 5) is 20.1. The van der Waals surface area contributed by atoms with Gasteiger partial charge < -0.3 is 4.42 Å². The van der Waals surface area contributed by atoms with Crippen molar-refractivity contribution in [1.29, 1.82) is 0 Å². The van der Waals surface area contributed by atoms with E-state index in [9.17, 15) is 0 Å². The highest BCUT2D eigenvalue weighted by molar-refractivity contribution is 6.20. The van der Waals surface area contributed by atoms with Crippen molar-refractivity contribution in [2.24, 2.45) is 0 Å². The molecule has 0 saturated heterocycles. The first-order valence-electron chi connectivity index (χ1n) is 16.3. The van der Waals surface area contributed by atoms with Crippen LogP contribution in [0.2, 0.25) is 0 Å². The number of benzene rings is 7. The molecular formula is C44H26N4O. The Morgan fingerprint density at radius 3 is 1.96 bits per heavy atom. The molecule has 0 saturated carbocycles. The Hall–Kier alpha value is -6.72. The fraction of sp³-hybridized carbons (Fsp3) is 0. The maximum Gasteiger partial charge on any atom is 0.182 e. The van der Waals surface area contributed by atoms with Crippen molar-refractivity contribution in [3.05, 3.63) is 158 Å². The second-order valence-electron chi connectivity index (χ2n) is 12.3. The van der Waals surface area contributed by atoms with Crippen molar-refractivity contribution < 1.29 is 4.42 Å². The van der Waals surface area contributed by atoms with Crippen LogP contribution in [0.3, 0.4) is 0 Å². The van der Waals surface area contributed by atoms with Crippen molar-refractivity contribution in [2.75, 3.05) is 0 Å². The monoisotopic (exact) mass is 626 g/mol. The lowest BCUT2D eigenvalue weighted by atomic mass is 9.97. The van der Waals surface area contributed by atoms with Gasteiger partial charge in [-0.15, -0.1) is 0 Å². The SMILES string of the molecule is c1ccc(-c2ccc3c(c2)oc2cccc(-c4nc(-c5ccccc5)nc(-c5cc6ccc7ccc8ccccc8c7c6cn5)n4)c23)cc1. The first-order chi connectivity index (χ1) is 24.3. The second-order valence-corrected chi connectivity index (χ2v) is 12.3. The van der Waals surface area contributed by atoms with E-state index in [4.69, 9.17) is 24.4 Å². The van der Waals surface area contributed by atoms with Crippen LogP contribution in [0.4, 0.5) is 0 Å². The zero-order valence-corrected chi connectivity index (χ0v) is 26.2. The van der Waals surface area contributed by atoms with Crippen molar-refractivity contribution in [2.45, 2.75) is 0 Å². The van der Waals surface area contributed by atoms with E-state index in [0.717, 1.165) is 55.0 Å². The molecule has 0 aliphatic heterocycles. The predicted molar refractivity (Wildman–Crippen MR) is 199 cm³/mol. The summed E-state index contributed by atoms with van der Waals surface area (Å²) < 4.78 is 6.44. The quantitative estimate of drug-likeness (QED) is 0.182. The second kappa shape index (κ2) is 10.9. The van der Waals surface area contributed by atoms with Gasteiger partial charge in [-0.25, -0.2) is 15.0 Å². The average Bonchev–Trinajstić information content (AvgIpc) is 3.56. The lowest BCUT2D eigenvalue weighted by Gasteiger charge is -2.11. The predicted octanol–water partition coefficient (Wildman–Crippen LogP) is 11.3. The Balaban J connectivity index is 1.17. The molecule has 228 valence electrons. The van der Waals surface area contributed by atoms with Crippen LogP contribution in [0, 0.1) is 0 Å². The van der Waals surface area contributed by atoms with Gasteiger partial charge in [0.25, 0.3) is 0 Å². The molecule has 5 nitrogen and oxygen atoms in total. The van der Waals surface area contributed by atoms with Crippen molar-refractivity contribution in [3.63, 3.8) is 0 Å². The van der Waals surface area contributed by atoms with E-state index in [0.29, 0.717) is 23.2 Å². The van der Waals surface area contributed by atoms with Gasteiger partial charge in [-0.2, -0.15) is 0 Å². The van der Waals surface area contributed by atoms with E-state index in [1.165, 1.54) is 21.5 Å². The van der Waals surface area contributed by atoms with Crippen LogP contribution in [0.1, 0.15) is 0 Å². The highest BCUT2D eigenvalue weighted by Gasteiger charge is 2.19. The van der Waals surface area contributed by atoms with Gasteiger partial charge in [0.05, 0.1) is 0 Å². The fourth-order valence-corrected chi connectivity index (χ4v) is 7.00. The molecule has 0 aliphatic carbocycles. The Morgan fingerprint density at radius 2 is 1.10 bits per heavy atom. The molecule has 0 radical (unpaired) electrons. The Kier molecular flexibility index (Phi) is 6.11. The number of fused-ring (bicyclic) bond motifs is 8. The standard InChI is InChI=1S/C44H26N4O/c1-3-10-27(11-4-1)31-22-23-34-39(25-31)49-38-17-9-16-35(41(34)38)43-46-42(30-13-5-2-6-14-30)47-44(48-43)37-24-32-21-20-29-19-18-28-12-7-8-15-33(28)40(29)36(32)26-45-37/h1-26H. The van der Waals surface area contributed by atoms with E-state index in [1.54, 1.807) is 0 Å². The molecule has 0 spiro atoms. The maximum atomic E-state index is 6.44. The first kappa shape index (κ1) is 27.4.